The molecule has 2 saturated heterocycles. The van der Waals surface area contributed by atoms with E-state index in [1.165, 1.54) is 0 Å². The first-order chi connectivity index (χ1) is 13.9. The van der Waals surface area contributed by atoms with Gasteiger partial charge in [0, 0.05) is 32.1 Å². The number of likely N-dealkylation sites (N-methyl/N-ethyl adjacent to an activating group) is 1. The van der Waals surface area contributed by atoms with E-state index in [0.717, 1.165) is 16.7 Å². The molecule has 2 aliphatic rings. The molecule has 2 fully saturated rings. The molecule has 9 nitrogen and oxygen atoms in total. The van der Waals surface area contributed by atoms with Crippen LogP contribution in [0.5, 0.6) is 0 Å². The second-order valence-corrected chi connectivity index (χ2v) is 7.56. The van der Waals surface area contributed by atoms with Gasteiger partial charge in [-0.05, 0) is 31.4 Å². The van der Waals surface area contributed by atoms with Gasteiger partial charge < -0.3 is 25.1 Å². The molecule has 2 aromatic rings. The molecule has 0 saturated carbocycles. The van der Waals surface area contributed by atoms with E-state index in [4.69, 9.17) is 9.90 Å². The number of para-hydroxylation sites is 1. The summed E-state index contributed by atoms with van der Waals surface area (Å²) in [6.07, 6.45) is 1.47. The minimum absolute atomic E-state index is 0.144. The number of rotatable bonds is 2. The molecule has 156 valence electrons. The molecule has 0 bridgehead atoms. The summed E-state index contributed by atoms with van der Waals surface area (Å²) < 4.78 is 0. The fraction of sp³-hybridized carbons (Fsp3) is 0.500. The Kier molecular flexibility index (Phi) is 6.29. The van der Waals surface area contributed by atoms with Crippen molar-refractivity contribution in [2.24, 2.45) is 5.41 Å². The zero-order valence-electron chi connectivity index (χ0n) is 16.4. The molecule has 1 amide bonds. The molecule has 0 radical (unpaired) electrons. The van der Waals surface area contributed by atoms with Gasteiger partial charge in [-0.1, -0.05) is 12.1 Å². The lowest BCUT2D eigenvalue weighted by Gasteiger charge is -2.47. The number of aliphatic hydroxyl groups excluding tert-OH is 2. The first kappa shape index (κ1) is 20.9. The lowest BCUT2D eigenvalue weighted by Crippen LogP contribution is -2.56. The average molecular weight is 402 g/mol. The van der Waals surface area contributed by atoms with Gasteiger partial charge in [-0.2, -0.15) is 0 Å². The Balaban J connectivity index is 0.000000755. The van der Waals surface area contributed by atoms with Gasteiger partial charge in [0.05, 0.1) is 17.0 Å². The van der Waals surface area contributed by atoms with Crippen LogP contribution < -0.4 is 4.90 Å². The predicted octanol–water partition coefficient (Wildman–Crippen LogP) is 0.632. The van der Waals surface area contributed by atoms with E-state index in [2.05, 4.69) is 14.9 Å². The van der Waals surface area contributed by atoms with E-state index in [-0.39, 0.29) is 19.0 Å². The number of nitrogens with zero attached hydrogens (tertiary/aromatic N) is 4. The maximum absolute atomic E-state index is 12.7. The number of carbonyl (C=O) groups excluding carboxylic acids is 1. The summed E-state index contributed by atoms with van der Waals surface area (Å²) in [4.78, 5) is 33.9. The van der Waals surface area contributed by atoms with Crippen molar-refractivity contribution in [3.8, 4) is 0 Å². The summed E-state index contributed by atoms with van der Waals surface area (Å²) in [5.74, 6) is 1.36. The van der Waals surface area contributed by atoms with Crippen LogP contribution in [0.1, 0.15) is 25.1 Å². The highest BCUT2D eigenvalue weighted by Gasteiger charge is 2.47. The molecule has 1 aromatic heterocycles. The number of anilines is 1. The Morgan fingerprint density at radius 1 is 1.24 bits per heavy atom. The van der Waals surface area contributed by atoms with Gasteiger partial charge in [0.2, 0.25) is 5.91 Å². The van der Waals surface area contributed by atoms with E-state index in [9.17, 15) is 15.0 Å². The molecule has 4 rings (SSSR count). The summed E-state index contributed by atoms with van der Waals surface area (Å²) in [6, 6.07) is 7.78. The molecule has 1 unspecified atom stereocenters. The van der Waals surface area contributed by atoms with Crippen LogP contribution in [0.2, 0.25) is 0 Å². The number of hydrogen-bond acceptors (Lipinski definition) is 7. The Morgan fingerprint density at radius 2 is 1.90 bits per heavy atom. The van der Waals surface area contributed by atoms with Crippen LogP contribution in [0.4, 0.5) is 5.82 Å². The number of amides is 1. The number of hydrogen-bond donors (Lipinski definition) is 3. The summed E-state index contributed by atoms with van der Waals surface area (Å²) >= 11 is 0. The smallest absolute Gasteiger partial charge is 0.290 e. The lowest BCUT2D eigenvalue weighted by atomic mass is 9.71. The molecule has 1 aromatic carbocycles. The zero-order chi connectivity index (χ0) is 21.0. The molecule has 3 N–H and O–H groups in total. The number of likely N-dealkylation sites (tertiary alicyclic amines) is 1. The molecule has 3 heterocycles. The molecular formula is C20H26N4O5. The minimum atomic E-state index is -0.467. The number of β-amino-alcohol motifs (C(OH)–C–C–N with tert-alkyl or cyclic N) is 1. The number of aromatic nitrogens is 2. The van der Waals surface area contributed by atoms with Crippen molar-refractivity contribution in [1.29, 1.82) is 0 Å². The first-order valence-electron chi connectivity index (χ1n) is 9.57. The van der Waals surface area contributed by atoms with Gasteiger partial charge >= 0.3 is 0 Å². The van der Waals surface area contributed by atoms with Crippen LogP contribution in [-0.2, 0) is 16.2 Å². The summed E-state index contributed by atoms with van der Waals surface area (Å²) in [5.41, 5.74) is 0.344. The Labute approximate surface area is 168 Å². The second-order valence-electron chi connectivity index (χ2n) is 7.56. The highest BCUT2D eigenvalue weighted by Crippen LogP contribution is 2.42. The summed E-state index contributed by atoms with van der Waals surface area (Å²) in [7, 11) is 1.77. The molecule has 1 atom stereocenters. The third-order valence-electron chi connectivity index (χ3n) is 5.70. The Bertz CT molecular complexity index is 882. The molecule has 0 aliphatic carbocycles. The van der Waals surface area contributed by atoms with E-state index < -0.39 is 11.5 Å². The SMILES string of the molecule is CN1CC(O)CC2(CCN(c3nc(CO)nc4ccccc34)CC2)C1=O.O=CO. The van der Waals surface area contributed by atoms with Crippen LogP contribution in [0, 0.1) is 5.41 Å². The third-order valence-corrected chi connectivity index (χ3v) is 5.70. The van der Waals surface area contributed by atoms with Crippen molar-refractivity contribution in [2.45, 2.75) is 32.0 Å². The quantitative estimate of drug-likeness (QED) is 0.625. The van der Waals surface area contributed by atoms with Gasteiger partial charge in [-0.15, -0.1) is 0 Å². The number of piperidine rings is 2. The average Bonchev–Trinajstić information content (AvgIpc) is 2.72. The van der Waals surface area contributed by atoms with Crippen LogP contribution in [-0.4, -0.2) is 75.4 Å². The Morgan fingerprint density at radius 3 is 2.55 bits per heavy atom. The van der Waals surface area contributed by atoms with Crippen molar-refractivity contribution in [3.05, 3.63) is 30.1 Å². The normalized spacial score (nSPS) is 21.1. The zero-order valence-corrected chi connectivity index (χ0v) is 16.4. The Hall–Kier alpha value is -2.78. The predicted molar refractivity (Wildman–Crippen MR) is 106 cm³/mol. The highest BCUT2D eigenvalue weighted by atomic mass is 16.3. The fourth-order valence-electron chi connectivity index (χ4n) is 4.39. The molecule has 9 heteroatoms. The summed E-state index contributed by atoms with van der Waals surface area (Å²) in [5, 5.41) is 27.5. The molecular weight excluding hydrogens is 376 g/mol. The van der Waals surface area contributed by atoms with E-state index in [1.807, 2.05) is 24.3 Å². The maximum Gasteiger partial charge on any atom is 0.290 e. The van der Waals surface area contributed by atoms with Crippen molar-refractivity contribution in [3.63, 3.8) is 0 Å². The number of carboxylic acid groups (broad SMARTS) is 1. The third kappa shape index (κ3) is 4.15. The number of carbonyl (C=O) groups is 2. The van der Waals surface area contributed by atoms with Gasteiger partial charge in [-0.3, -0.25) is 9.59 Å². The topological polar surface area (TPSA) is 127 Å². The van der Waals surface area contributed by atoms with Crippen LogP contribution >= 0.6 is 0 Å². The first-order valence-corrected chi connectivity index (χ1v) is 9.57. The van der Waals surface area contributed by atoms with Crippen molar-refractivity contribution < 1.29 is 24.9 Å². The van der Waals surface area contributed by atoms with Gasteiger partial charge in [0.15, 0.2) is 5.82 Å². The van der Waals surface area contributed by atoms with Crippen molar-refractivity contribution in [2.75, 3.05) is 31.6 Å². The van der Waals surface area contributed by atoms with Gasteiger partial charge in [0.1, 0.15) is 12.4 Å². The monoisotopic (exact) mass is 402 g/mol. The lowest BCUT2D eigenvalue weighted by molar-refractivity contribution is -0.152. The largest absolute Gasteiger partial charge is 0.483 e. The number of aliphatic hydroxyl groups is 2. The van der Waals surface area contributed by atoms with Gasteiger partial charge in [-0.25, -0.2) is 9.97 Å². The standard InChI is InChI=1S/C19H24N4O3.CH2O2/c1-22-11-13(25)10-19(18(22)26)6-8-23(9-7-19)17-14-4-2-3-5-15(14)20-16(12-24)21-17;2-1-3/h2-5,13,24-25H,6-12H2,1H3;1H,(H,2,3). The maximum atomic E-state index is 12.7. The molecule has 2 aliphatic heterocycles. The molecule has 1 spiro atoms. The summed E-state index contributed by atoms with van der Waals surface area (Å²) in [6.45, 7) is 1.35. The fourth-order valence-corrected chi connectivity index (χ4v) is 4.39. The van der Waals surface area contributed by atoms with E-state index in [0.29, 0.717) is 44.7 Å². The van der Waals surface area contributed by atoms with Gasteiger partial charge in [0.25, 0.3) is 6.47 Å². The van der Waals surface area contributed by atoms with E-state index >= 15 is 0 Å². The number of benzene rings is 1. The second kappa shape index (κ2) is 8.71. The van der Waals surface area contributed by atoms with Crippen LogP contribution in [0.25, 0.3) is 10.9 Å². The van der Waals surface area contributed by atoms with Crippen molar-refractivity contribution >= 4 is 29.1 Å². The van der Waals surface area contributed by atoms with Crippen LogP contribution in [0.3, 0.4) is 0 Å². The number of fused-ring (bicyclic) bond motifs is 1. The minimum Gasteiger partial charge on any atom is -0.483 e. The van der Waals surface area contributed by atoms with Crippen molar-refractivity contribution in [1.82, 2.24) is 14.9 Å². The van der Waals surface area contributed by atoms with Crippen LogP contribution in [0.15, 0.2) is 24.3 Å². The van der Waals surface area contributed by atoms with E-state index in [1.54, 1.807) is 11.9 Å². The molecule has 29 heavy (non-hydrogen) atoms. The highest BCUT2D eigenvalue weighted by molar-refractivity contribution is 5.90.